The number of nitrogens with one attached hydrogen (secondary N) is 2. The molecule has 0 saturated carbocycles. The van der Waals surface area contributed by atoms with Gasteiger partial charge in [-0.15, -0.1) is 0 Å². The number of fused-ring (bicyclic) bond motifs is 1. The molecule has 7 nitrogen and oxygen atoms in total. The average Bonchev–Trinajstić information content (AvgIpc) is 2.80. The van der Waals surface area contributed by atoms with Crippen molar-refractivity contribution in [3.8, 4) is 0 Å². The van der Waals surface area contributed by atoms with E-state index in [1.165, 1.54) is 11.1 Å². The zero-order valence-electron chi connectivity index (χ0n) is 19.3. The van der Waals surface area contributed by atoms with Gasteiger partial charge in [0.15, 0.2) is 5.96 Å². The summed E-state index contributed by atoms with van der Waals surface area (Å²) in [6.07, 6.45) is 4.48. The number of carbonyl (C=O) groups excluding carboxylic acids is 1. The Morgan fingerprint density at radius 1 is 1.03 bits per heavy atom. The van der Waals surface area contributed by atoms with Crippen molar-refractivity contribution in [3.63, 3.8) is 0 Å². The molecule has 0 radical (unpaired) electrons. The van der Waals surface area contributed by atoms with Crippen molar-refractivity contribution in [2.24, 2.45) is 4.99 Å². The van der Waals surface area contributed by atoms with E-state index in [9.17, 15) is 4.79 Å². The lowest BCUT2D eigenvalue weighted by atomic mass is 9.99. The first-order valence-corrected chi connectivity index (χ1v) is 11.8. The van der Waals surface area contributed by atoms with Crippen molar-refractivity contribution in [3.05, 3.63) is 35.4 Å². The quantitative estimate of drug-likeness (QED) is 0.269. The molecule has 0 saturated heterocycles. The molecule has 0 atom stereocenters. The van der Waals surface area contributed by atoms with Gasteiger partial charge in [-0.05, 0) is 37.3 Å². The molecule has 1 heterocycles. The number of hydrogen-bond acceptors (Lipinski definition) is 4. The highest BCUT2D eigenvalue weighted by Crippen LogP contribution is 2.19. The van der Waals surface area contributed by atoms with Crippen LogP contribution in [0.15, 0.2) is 29.3 Å². The number of nitrogens with zero attached hydrogens (tertiary/aromatic N) is 2. The van der Waals surface area contributed by atoms with Crippen LogP contribution >= 0.6 is 0 Å². The molecule has 1 aliphatic heterocycles. The van der Waals surface area contributed by atoms with E-state index in [1.54, 1.807) is 0 Å². The summed E-state index contributed by atoms with van der Waals surface area (Å²) < 4.78 is 11.0. The molecule has 174 valence electrons. The number of benzene rings is 1. The maximum Gasteiger partial charge on any atom is 0.222 e. The third-order valence-corrected chi connectivity index (χ3v) is 5.20. The molecule has 0 aliphatic carbocycles. The molecule has 31 heavy (non-hydrogen) atoms. The van der Waals surface area contributed by atoms with E-state index in [1.807, 2.05) is 17.9 Å². The van der Waals surface area contributed by atoms with Crippen molar-refractivity contribution < 1.29 is 14.3 Å². The van der Waals surface area contributed by atoms with Crippen LogP contribution in [0.3, 0.4) is 0 Å². The molecule has 7 heteroatoms. The summed E-state index contributed by atoms with van der Waals surface area (Å²) in [6.45, 7) is 10.5. The smallest absolute Gasteiger partial charge is 0.222 e. The Hall–Kier alpha value is -2.12. The predicted octanol–water partition coefficient (Wildman–Crippen LogP) is 2.74. The van der Waals surface area contributed by atoms with Gasteiger partial charge >= 0.3 is 0 Å². The summed E-state index contributed by atoms with van der Waals surface area (Å²) >= 11 is 0. The van der Waals surface area contributed by atoms with Gasteiger partial charge in [0.1, 0.15) is 0 Å². The highest BCUT2D eigenvalue weighted by Gasteiger charge is 2.19. The van der Waals surface area contributed by atoms with Gasteiger partial charge in [-0.25, -0.2) is 0 Å². The maximum absolute atomic E-state index is 12.6. The summed E-state index contributed by atoms with van der Waals surface area (Å²) in [5, 5.41) is 6.51. The van der Waals surface area contributed by atoms with E-state index in [0.717, 1.165) is 57.9 Å². The van der Waals surface area contributed by atoms with Crippen molar-refractivity contribution >= 4 is 11.9 Å². The molecule has 0 spiro atoms. The third-order valence-electron chi connectivity index (χ3n) is 5.20. The van der Waals surface area contributed by atoms with E-state index >= 15 is 0 Å². The van der Waals surface area contributed by atoms with E-state index in [2.05, 4.69) is 40.7 Å². The van der Waals surface area contributed by atoms with Crippen LogP contribution in [0.1, 0.15) is 50.7 Å². The lowest BCUT2D eigenvalue weighted by Gasteiger charge is -2.28. The lowest BCUT2D eigenvalue weighted by Crippen LogP contribution is -2.39. The summed E-state index contributed by atoms with van der Waals surface area (Å²) in [5.74, 6) is 0.988. The topological polar surface area (TPSA) is 75.2 Å². The second kappa shape index (κ2) is 15.6. The van der Waals surface area contributed by atoms with Crippen LogP contribution in [-0.2, 0) is 27.2 Å². The van der Waals surface area contributed by atoms with Crippen LogP contribution in [-0.4, -0.2) is 69.4 Å². The monoisotopic (exact) mass is 432 g/mol. The lowest BCUT2D eigenvalue weighted by molar-refractivity contribution is -0.132. The van der Waals surface area contributed by atoms with Gasteiger partial charge in [0.25, 0.3) is 0 Å². The van der Waals surface area contributed by atoms with Crippen molar-refractivity contribution in [1.29, 1.82) is 0 Å². The van der Waals surface area contributed by atoms with Gasteiger partial charge in [-0.3, -0.25) is 9.79 Å². The summed E-state index contributed by atoms with van der Waals surface area (Å²) in [5.41, 5.74) is 2.64. The number of guanidine groups is 1. The summed E-state index contributed by atoms with van der Waals surface area (Å²) in [4.78, 5) is 19.1. The fourth-order valence-corrected chi connectivity index (χ4v) is 3.44. The second-order valence-electron chi connectivity index (χ2n) is 7.70. The largest absolute Gasteiger partial charge is 0.379 e. The molecule has 2 N–H and O–H groups in total. The van der Waals surface area contributed by atoms with Crippen LogP contribution < -0.4 is 10.6 Å². The minimum atomic E-state index is 0.220. The Morgan fingerprint density at radius 2 is 1.81 bits per heavy atom. The van der Waals surface area contributed by atoms with Gasteiger partial charge in [-0.2, -0.15) is 0 Å². The predicted molar refractivity (Wildman–Crippen MR) is 125 cm³/mol. The van der Waals surface area contributed by atoms with E-state index in [-0.39, 0.29) is 5.91 Å². The summed E-state index contributed by atoms with van der Waals surface area (Å²) in [7, 11) is 0. The first kappa shape index (κ1) is 25.1. The van der Waals surface area contributed by atoms with Gasteiger partial charge in [0, 0.05) is 45.8 Å². The van der Waals surface area contributed by atoms with Crippen molar-refractivity contribution in [1.82, 2.24) is 15.5 Å². The number of carbonyl (C=O) groups is 1. The van der Waals surface area contributed by atoms with E-state index in [0.29, 0.717) is 39.3 Å². The SMILES string of the molecule is CCCCOCCOCCNC(=NCCCC(=O)N1CCc2ccccc2C1)NCC. The molecular weight excluding hydrogens is 392 g/mol. The number of hydrogen-bond donors (Lipinski definition) is 2. The summed E-state index contributed by atoms with van der Waals surface area (Å²) in [6, 6.07) is 8.40. The average molecular weight is 433 g/mol. The number of ether oxygens (including phenoxy) is 2. The minimum Gasteiger partial charge on any atom is -0.379 e. The number of rotatable bonds is 14. The first-order valence-electron chi connectivity index (χ1n) is 11.8. The van der Waals surface area contributed by atoms with Crippen LogP contribution in [0.2, 0.25) is 0 Å². The Labute approximate surface area is 187 Å². The molecule has 0 unspecified atom stereocenters. The molecule has 1 aromatic carbocycles. The number of unbranched alkanes of at least 4 members (excludes halogenated alkanes) is 1. The van der Waals surface area contributed by atoms with Crippen molar-refractivity contribution in [2.45, 2.75) is 52.5 Å². The van der Waals surface area contributed by atoms with Crippen molar-refractivity contribution in [2.75, 3.05) is 52.6 Å². The Bertz CT molecular complexity index is 666. The van der Waals surface area contributed by atoms with Gasteiger partial charge in [-0.1, -0.05) is 37.6 Å². The number of aliphatic imine (C=N–C) groups is 1. The molecule has 0 aromatic heterocycles. The Morgan fingerprint density at radius 3 is 2.58 bits per heavy atom. The molecular formula is C24H40N4O3. The number of amides is 1. The molecule has 0 bridgehead atoms. The zero-order chi connectivity index (χ0) is 22.2. The van der Waals surface area contributed by atoms with Gasteiger partial charge in [0.2, 0.25) is 5.91 Å². The van der Waals surface area contributed by atoms with E-state index in [4.69, 9.17) is 9.47 Å². The van der Waals surface area contributed by atoms with Gasteiger partial charge < -0.3 is 25.0 Å². The fraction of sp³-hybridized carbons (Fsp3) is 0.667. The Balaban J connectivity index is 1.58. The fourth-order valence-electron chi connectivity index (χ4n) is 3.44. The maximum atomic E-state index is 12.6. The van der Waals surface area contributed by atoms with Crippen LogP contribution in [0.5, 0.6) is 0 Å². The highest BCUT2D eigenvalue weighted by atomic mass is 16.5. The zero-order valence-corrected chi connectivity index (χ0v) is 19.3. The minimum absolute atomic E-state index is 0.220. The van der Waals surface area contributed by atoms with Crippen LogP contribution in [0.4, 0.5) is 0 Å². The highest BCUT2D eigenvalue weighted by molar-refractivity contribution is 5.80. The standard InChI is InChI=1S/C24H40N4O3/c1-3-5-16-30-18-19-31-17-14-27-24(25-4-2)26-13-8-11-23(29)28-15-12-21-9-6-7-10-22(21)20-28/h6-7,9-10H,3-5,8,11-20H2,1-2H3,(H2,25,26,27). The molecule has 1 aromatic rings. The Kier molecular flexibility index (Phi) is 12.7. The van der Waals surface area contributed by atoms with Crippen LogP contribution in [0.25, 0.3) is 0 Å². The van der Waals surface area contributed by atoms with Gasteiger partial charge in [0.05, 0.1) is 19.8 Å². The van der Waals surface area contributed by atoms with Crippen LogP contribution in [0, 0.1) is 0 Å². The molecule has 0 fully saturated rings. The normalized spacial score (nSPS) is 13.7. The second-order valence-corrected chi connectivity index (χ2v) is 7.70. The molecule has 1 aliphatic rings. The third kappa shape index (κ3) is 10.2. The molecule has 1 amide bonds. The van der Waals surface area contributed by atoms with E-state index < -0.39 is 0 Å². The molecule has 2 rings (SSSR count). The first-order chi connectivity index (χ1) is 15.2.